The van der Waals surface area contributed by atoms with Crippen molar-refractivity contribution in [3.63, 3.8) is 0 Å². The van der Waals surface area contributed by atoms with E-state index in [9.17, 15) is 10.2 Å². The first kappa shape index (κ1) is 11.3. The third-order valence-corrected chi connectivity index (χ3v) is 6.76. The van der Waals surface area contributed by atoms with Crippen molar-refractivity contribution in [2.45, 2.75) is 30.6 Å². The average Bonchev–Trinajstić information content (AvgIpc) is 2.75. The third-order valence-electron chi connectivity index (χ3n) is 4.15. The average molecular weight is 251 g/mol. The van der Waals surface area contributed by atoms with Gasteiger partial charge in [0, 0.05) is 28.8 Å². The molecule has 2 N–H and O–H groups in total. The number of phenols is 2. The number of hydrogen-bond acceptors (Lipinski definition) is 2. The number of hydrogen-bond donors (Lipinski definition) is 2. The number of benzene rings is 1. The summed E-state index contributed by atoms with van der Waals surface area (Å²) in [5.74, 6) is 4.83. The minimum atomic E-state index is 0.158. The minimum Gasteiger partial charge on any atom is -0.508 e. The van der Waals surface area contributed by atoms with Crippen molar-refractivity contribution < 1.29 is 10.2 Å². The zero-order valence-corrected chi connectivity index (χ0v) is 10.7. The second-order valence-electron chi connectivity index (χ2n) is 5.28. The van der Waals surface area contributed by atoms with Gasteiger partial charge in [0.25, 0.3) is 0 Å². The standard InChI is InChI=1S/C14H18O2S/c15-12-5-6-13(16)14(7-12)17-8-10-3-1-2-4-11(10)9-17/h5-7,10-11H,1-4,8-9H2,(H-,15,16)/p+1/t10-,11-/m1/s1. The molecule has 0 unspecified atom stereocenters. The van der Waals surface area contributed by atoms with Gasteiger partial charge in [0.05, 0.1) is 0 Å². The highest BCUT2D eigenvalue weighted by Crippen LogP contribution is 2.43. The minimum absolute atomic E-state index is 0.158. The highest BCUT2D eigenvalue weighted by atomic mass is 32.2. The first-order valence-corrected chi connectivity index (χ1v) is 8.00. The Hall–Kier alpha value is -0.830. The second kappa shape index (κ2) is 4.45. The van der Waals surface area contributed by atoms with Crippen LogP contribution in [-0.4, -0.2) is 21.7 Å². The van der Waals surface area contributed by atoms with Crippen LogP contribution >= 0.6 is 0 Å². The van der Waals surface area contributed by atoms with Gasteiger partial charge in [0.2, 0.25) is 0 Å². The van der Waals surface area contributed by atoms with Gasteiger partial charge in [0.15, 0.2) is 10.6 Å². The summed E-state index contributed by atoms with van der Waals surface area (Å²) in [5, 5.41) is 19.5. The van der Waals surface area contributed by atoms with Gasteiger partial charge in [-0.2, -0.15) is 0 Å². The summed E-state index contributed by atoms with van der Waals surface area (Å²) in [4.78, 5) is 0.986. The van der Waals surface area contributed by atoms with Gasteiger partial charge < -0.3 is 10.2 Å². The van der Waals surface area contributed by atoms with E-state index in [1.54, 1.807) is 18.2 Å². The van der Waals surface area contributed by atoms with E-state index in [2.05, 4.69) is 0 Å². The lowest BCUT2D eigenvalue weighted by Crippen LogP contribution is -2.16. The molecule has 0 amide bonds. The lowest BCUT2D eigenvalue weighted by Gasteiger charge is -2.20. The van der Waals surface area contributed by atoms with Crippen molar-refractivity contribution in [2.75, 3.05) is 11.5 Å². The van der Waals surface area contributed by atoms with Crippen LogP contribution in [0, 0.1) is 11.8 Å². The zero-order valence-electron chi connectivity index (χ0n) is 9.93. The number of phenolic OH excluding ortho intramolecular Hbond substituents is 2. The SMILES string of the molecule is Oc1ccc(O)c([S+]2C[C@H]3CCCC[C@@H]3C2)c1. The maximum Gasteiger partial charge on any atom is 0.200 e. The van der Waals surface area contributed by atoms with Crippen molar-refractivity contribution in [2.24, 2.45) is 11.8 Å². The molecular weight excluding hydrogens is 232 g/mol. The predicted octanol–water partition coefficient (Wildman–Crippen LogP) is 2.90. The quantitative estimate of drug-likeness (QED) is 0.595. The molecule has 0 radical (unpaired) electrons. The van der Waals surface area contributed by atoms with Crippen LogP contribution in [0.25, 0.3) is 0 Å². The molecule has 92 valence electrons. The summed E-state index contributed by atoms with van der Waals surface area (Å²) in [6.45, 7) is 0. The first-order valence-electron chi connectivity index (χ1n) is 6.43. The van der Waals surface area contributed by atoms with Gasteiger partial charge in [-0.25, -0.2) is 0 Å². The van der Waals surface area contributed by atoms with E-state index in [1.807, 2.05) is 0 Å². The molecule has 1 aliphatic carbocycles. The Morgan fingerprint density at radius 3 is 2.29 bits per heavy atom. The van der Waals surface area contributed by atoms with Crippen LogP contribution < -0.4 is 0 Å². The van der Waals surface area contributed by atoms with Crippen molar-refractivity contribution in [1.82, 2.24) is 0 Å². The molecule has 0 aromatic heterocycles. The van der Waals surface area contributed by atoms with Gasteiger partial charge in [-0.1, -0.05) is 12.8 Å². The maximum absolute atomic E-state index is 9.92. The van der Waals surface area contributed by atoms with E-state index in [4.69, 9.17) is 0 Å². The highest BCUT2D eigenvalue weighted by Gasteiger charge is 2.44. The van der Waals surface area contributed by atoms with Crippen molar-refractivity contribution in [3.8, 4) is 11.5 Å². The highest BCUT2D eigenvalue weighted by molar-refractivity contribution is 7.97. The van der Waals surface area contributed by atoms with E-state index in [0.717, 1.165) is 16.7 Å². The molecule has 1 heterocycles. The Labute approximate surface area is 105 Å². The Kier molecular flexibility index (Phi) is 2.95. The monoisotopic (exact) mass is 251 g/mol. The topological polar surface area (TPSA) is 40.5 Å². The number of rotatable bonds is 1. The normalized spacial score (nSPS) is 29.2. The second-order valence-corrected chi connectivity index (χ2v) is 7.37. The molecule has 1 aromatic rings. The molecule has 2 fully saturated rings. The fourth-order valence-corrected chi connectivity index (χ4v) is 6.28. The smallest absolute Gasteiger partial charge is 0.200 e. The summed E-state index contributed by atoms with van der Waals surface area (Å²) < 4.78 is 0. The molecule has 0 spiro atoms. The Balaban J connectivity index is 1.83. The Morgan fingerprint density at radius 1 is 1.00 bits per heavy atom. The summed E-state index contributed by atoms with van der Waals surface area (Å²) in [7, 11) is 0.158. The summed E-state index contributed by atoms with van der Waals surface area (Å²) in [5.41, 5.74) is 0. The largest absolute Gasteiger partial charge is 0.508 e. The summed E-state index contributed by atoms with van der Waals surface area (Å²) in [6.07, 6.45) is 5.50. The van der Waals surface area contributed by atoms with Gasteiger partial charge in [-0.05, 0) is 25.0 Å². The van der Waals surface area contributed by atoms with Crippen LogP contribution in [0.15, 0.2) is 23.1 Å². The lowest BCUT2D eigenvalue weighted by molar-refractivity contribution is 0.299. The van der Waals surface area contributed by atoms with Gasteiger partial charge in [0.1, 0.15) is 17.3 Å². The van der Waals surface area contributed by atoms with Crippen LogP contribution in [0.2, 0.25) is 0 Å². The van der Waals surface area contributed by atoms with Crippen molar-refractivity contribution in [3.05, 3.63) is 18.2 Å². The Bertz CT molecular complexity index is 405. The van der Waals surface area contributed by atoms with Crippen LogP contribution in [-0.2, 0) is 10.9 Å². The molecule has 17 heavy (non-hydrogen) atoms. The maximum atomic E-state index is 9.92. The fraction of sp³-hybridized carbons (Fsp3) is 0.571. The van der Waals surface area contributed by atoms with E-state index < -0.39 is 0 Å². The van der Waals surface area contributed by atoms with Crippen molar-refractivity contribution in [1.29, 1.82) is 0 Å². The molecular formula is C14H19O2S+. The molecule has 1 aliphatic heterocycles. The molecule has 3 heteroatoms. The molecule has 2 aliphatic rings. The number of aromatic hydroxyl groups is 2. The molecule has 1 aromatic carbocycles. The van der Waals surface area contributed by atoms with E-state index >= 15 is 0 Å². The van der Waals surface area contributed by atoms with Crippen molar-refractivity contribution >= 4 is 10.9 Å². The third kappa shape index (κ3) is 2.13. The van der Waals surface area contributed by atoms with Crippen LogP contribution in [0.4, 0.5) is 0 Å². The molecule has 0 bridgehead atoms. The van der Waals surface area contributed by atoms with E-state index in [0.29, 0.717) is 5.75 Å². The first-order chi connectivity index (χ1) is 8.24. The zero-order chi connectivity index (χ0) is 11.8. The van der Waals surface area contributed by atoms with E-state index in [1.165, 1.54) is 37.2 Å². The summed E-state index contributed by atoms with van der Waals surface area (Å²) >= 11 is 0. The lowest BCUT2D eigenvalue weighted by atomic mass is 9.82. The number of fused-ring (bicyclic) bond motifs is 1. The molecule has 2 atom stereocenters. The predicted molar refractivity (Wildman–Crippen MR) is 70.6 cm³/mol. The van der Waals surface area contributed by atoms with Gasteiger partial charge in [-0.15, -0.1) is 0 Å². The molecule has 1 saturated carbocycles. The van der Waals surface area contributed by atoms with Crippen LogP contribution in [0.1, 0.15) is 25.7 Å². The fourth-order valence-electron chi connectivity index (χ4n) is 3.22. The molecule has 2 nitrogen and oxygen atoms in total. The Morgan fingerprint density at radius 2 is 1.65 bits per heavy atom. The molecule has 3 rings (SSSR count). The van der Waals surface area contributed by atoms with Crippen LogP contribution in [0.3, 0.4) is 0 Å². The van der Waals surface area contributed by atoms with Gasteiger partial charge in [-0.3, -0.25) is 0 Å². The molecule has 1 saturated heterocycles. The van der Waals surface area contributed by atoms with Gasteiger partial charge >= 0.3 is 0 Å². The summed E-state index contributed by atoms with van der Waals surface area (Å²) in [6, 6.07) is 4.95. The van der Waals surface area contributed by atoms with Crippen LogP contribution in [0.5, 0.6) is 11.5 Å². The van der Waals surface area contributed by atoms with E-state index in [-0.39, 0.29) is 16.6 Å².